The quantitative estimate of drug-likeness (QED) is 0.715. The minimum Gasteiger partial charge on any atom is -0.385 e. The van der Waals surface area contributed by atoms with Gasteiger partial charge >= 0.3 is 0 Å². The Labute approximate surface area is 84.4 Å². The van der Waals surface area contributed by atoms with E-state index in [0.29, 0.717) is 0 Å². The summed E-state index contributed by atoms with van der Waals surface area (Å²) in [5, 5.41) is 3.44. The maximum Gasteiger partial charge on any atom is 0.0572 e. The second-order valence-electron chi connectivity index (χ2n) is 3.51. The van der Waals surface area contributed by atoms with E-state index in [1.807, 2.05) is 0 Å². The molecule has 0 atom stereocenters. The summed E-state index contributed by atoms with van der Waals surface area (Å²) >= 11 is 0. The standard InChI is InChI=1S/C11H16N2O/c1-14-13-8-10-5-2-4-9-6-3-7-12-11(9)10/h2,4-5,12-13H,3,6-8H2,1H3. The highest BCUT2D eigenvalue weighted by Crippen LogP contribution is 2.25. The lowest BCUT2D eigenvalue weighted by Crippen LogP contribution is -2.17. The van der Waals surface area contributed by atoms with Crippen LogP contribution in [0.25, 0.3) is 0 Å². The predicted molar refractivity (Wildman–Crippen MR) is 57.1 cm³/mol. The van der Waals surface area contributed by atoms with E-state index in [2.05, 4.69) is 29.0 Å². The average molecular weight is 192 g/mol. The number of para-hydroxylation sites is 1. The molecule has 0 radical (unpaired) electrons. The van der Waals surface area contributed by atoms with Crippen molar-refractivity contribution in [2.24, 2.45) is 0 Å². The van der Waals surface area contributed by atoms with Gasteiger partial charge in [-0.3, -0.25) is 0 Å². The van der Waals surface area contributed by atoms with Gasteiger partial charge in [0, 0.05) is 18.8 Å². The molecule has 76 valence electrons. The molecule has 1 aromatic rings. The molecule has 0 amide bonds. The lowest BCUT2D eigenvalue weighted by molar-refractivity contribution is 0.0868. The van der Waals surface area contributed by atoms with E-state index < -0.39 is 0 Å². The van der Waals surface area contributed by atoms with Crippen LogP contribution in [0.3, 0.4) is 0 Å². The summed E-state index contributed by atoms with van der Waals surface area (Å²) in [6.07, 6.45) is 2.41. The Morgan fingerprint density at radius 3 is 3.29 bits per heavy atom. The first-order chi connectivity index (χ1) is 6.92. The van der Waals surface area contributed by atoms with Gasteiger partial charge in [-0.1, -0.05) is 18.2 Å². The Morgan fingerprint density at radius 2 is 2.43 bits per heavy atom. The van der Waals surface area contributed by atoms with Gasteiger partial charge < -0.3 is 10.2 Å². The average Bonchev–Trinajstić information content (AvgIpc) is 2.26. The summed E-state index contributed by atoms with van der Waals surface area (Å²) in [7, 11) is 1.64. The van der Waals surface area contributed by atoms with Crippen LogP contribution in [-0.2, 0) is 17.8 Å². The Hall–Kier alpha value is -1.06. The highest BCUT2D eigenvalue weighted by Gasteiger charge is 2.11. The fraction of sp³-hybridized carbons (Fsp3) is 0.455. The van der Waals surface area contributed by atoms with Gasteiger partial charge in [-0.2, -0.15) is 5.48 Å². The summed E-state index contributed by atoms with van der Waals surface area (Å²) in [6, 6.07) is 6.43. The summed E-state index contributed by atoms with van der Waals surface area (Å²) < 4.78 is 0. The normalized spacial score (nSPS) is 14.6. The van der Waals surface area contributed by atoms with Crippen molar-refractivity contribution >= 4 is 5.69 Å². The van der Waals surface area contributed by atoms with E-state index in [1.165, 1.54) is 29.7 Å². The molecule has 0 bridgehead atoms. The largest absolute Gasteiger partial charge is 0.385 e. The molecular weight excluding hydrogens is 176 g/mol. The van der Waals surface area contributed by atoms with Gasteiger partial charge in [-0.25, -0.2) is 0 Å². The molecule has 3 heteroatoms. The lowest BCUT2D eigenvalue weighted by Gasteiger charge is -2.21. The van der Waals surface area contributed by atoms with Crippen molar-refractivity contribution in [3.05, 3.63) is 29.3 Å². The third-order valence-corrected chi connectivity index (χ3v) is 2.57. The van der Waals surface area contributed by atoms with Crippen molar-refractivity contribution in [2.75, 3.05) is 19.0 Å². The smallest absolute Gasteiger partial charge is 0.0572 e. The molecule has 0 aliphatic carbocycles. The van der Waals surface area contributed by atoms with Crippen LogP contribution < -0.4 is 10.8 Å². The third-order valence-electron chi connectivity index (χ3n) is 2.57. The van der Waals surface area contributed by atoms with Crippen LogP contribution in [0, 0.1) is 0 Å². The van der Waals surface area contributed by atoms with Gasteiger partial charge in [0.2, 0.25) is 0 Å². The molecule has 2 rings (SSSR count). The van der Waals surface area contributed by atoms with Crippen LogP contribution in [0.2, 0.25) is 0 Å². The number of nitrogens with one attached hydrogen (secondary N) is 2. The Balaban J connectivity index is 2.21. The number of hydrogen-bond acceptors (Lipinski definition) is 3. The van der Waals surface area contributed by atoms with Crippen LogP contribution in [0.4, 0.5) is 5.69 Å². The van der Waals surface area contributed by atoms with Crippen LogP contribution in [-0.4, -0.2) is 13.7 Å². The SMILES string of the molecule is CONCc1cccc2c1NCCC2. The maximum atomic E-state index is 4.86. The number of fused-ring (bicyclic) bond motifs is 1. The molecule has 0 saturated carbocycles. The minimum absolute atomic E-state index is 0.757. The van der Waals surface area contributed by atoms with E-state index in [0.717, 1.165) is 13.1 Å². The summed E-state index contributed by atoms with van der Waals surface area (Å²) in [4.78, 5) is 4.86. The molecule has 2 N–H and O–H groups in total. The number of anilines is 1. The zero-order chi connectivity index (χ0) is 9.80. The topological polar surface area (TPSA) is 33.3 Å². The fourth-order valence-corrected chi connectivity index (χ4v) is 1.88. The highest BCUT2D eigenvalue weighted by atomic mass is 16.6. The molecule has 1 heterocycles. The lowest BCUT2D eigenvalue weighted by atomic mass is 9.99. The van der Waals surface area contributed by atoms with Gasteiger partial charge in [0.25, 0.3) is 0 Å². The first-order valence-electron chi connectivity index (χ1n) is 5.02. The monoisotopic (exact) mass is 192 g/mol. The number of benzene rings is 1. The fourth-order valence-electron chi connectivity index (χ4n) is 1.88. The van der Waals surface area contributed by atoms with Gasteiger partial charge in [0.05, 0.1) is 7.11 Å². The molecule has 1 aliphatic rings. The van der Waals surface area contributed by atoms with E-state index >= 15 is 0 Å². The Bertz CT molecular complexity index is 312. The van der Waals surface area contributed by atoms with E-state index in [9.17, 15) is 0 Å². The molecule has 0 unspecified atom stereocenters. The van der Waals surface area contributed by atoms with Gasteiger partial charge in [0.15, 0.2) is 0 Å². The molecule has 0 fully saturated rings. The third kappa shape index (κ3) is 1.89. The van der Waals surface area contributed by atoms with Crippen molar-refractivity contribution < 1.29 is 4.84 Å². The molecule has 1 aromatic carbocycles. The minimum atomic E-state index is 0.757. The Kier molecular flexibility index (Phi) is 3.01. The van der Waals surface area contributed by atoms with Gasteiger partial charge in [0.1, 0.15) is 0 Å². The molecule has 3 nitrogen and oxygen atoms in total. The van der Waals surface area contributed by atoms with E-state index in [1.54, 1.807) is 7.11 Å². The highest BCUT2D eigenvalue weighted by molar-refractivity contribution is 5.59. The summed E-state index contributed by atoms with van der Waals surface area (Å²) in [5.74, 6) is 0. The molecule has 0 saturated heterocycles. The maximum absolute atomic E-state index is 4.86. The molecule has 14 heavy (non-hydrogen) atoms. The van der Waals surface area contributed by atoms with Crippen molar-refractivity contribution in [1.29, 1.82) is 0 Å². The van der Waals surface area contributed by atoms with Crippen molar-refractivity contribution in [2.45, 2.75) is 19.4 Å². The second kappa shape index (κ2) is 4.44. The van der Waals surface area contributed by atoms with Crippen molar-refractivity contribution in [1.82, 2.24) is 5.48 Å². The van der Waals surface area contributed by atoms with E-state index in [-0.39, 0.29) is 0 Å². The first kappa shape index (κ1) is 9.49. The van der Waals surface area contributed by atoms with E-state index in [4.69, 9.17) is 4.84 Å². The number of hydrogen-bond donors (Lipinski definition) is 2. The van der Waals surface area contributed by atoms with Crippen molar-refractivity contribution in [3.8, 4) is 0 Å². The van der Waals surface area contributed by atoms with Crippen LogP contribution in [0.1, 0.15) is 17.5 Å². The number of rotatable bonds is 3. The summed E-state index contributed by atoms with van der Waals surface area (Å²) in [6.45, 7) is 1.84. The zero-order valence-corrected chi connectivity index (χ0v) is 8.47. The Morgan fingerprint density at radius 1 is 1.50 bits per heavy atom. The predicted octanol–water partition coefficient (Wildman–Crippen LogP) is 1.70. The second-order valence-corrected chi connectivity index (χ2v) is 3.51. The number of hydroxylamine groups is 1. The van der Waals surface area contributed by atoms with Crippen LogP contribution in [0.5, 0.6) is 0 Å². The van der Waals surface area contributed by atoms with Gasteiger partial charge in [-0.15, -0.1) is 0 Å². The molecule has 0 aromatic heterocycles. The van der Waals surface area contributed by atoms with Crippen LogP contribution in [0.15, 0.2) is 18.2 Å². The zero-order valence-electron chi connectivity index (χ0n) is 8.47. The van der Waals surface area contributed by atoms with Crippen LogP contribution >= 0.6 is 0 Å². The number of aryl methyl sites for hydroxylation is 1. The molecule has 1 aliphatic heterocycles. The molecule has 0 spiro atoms. The molecular formula is C11H16N2O. The van der Waals surface area contributed by atoms with Crippen molar-refractivity contribution in [3.63, 3.8) is 0 Å². The van der Waals surface area contributed by atoms with Gasteiger partial charge in [-0.05, 0) is 24.0 Å². The first-order valence-corrected chi connectivity index (χ1v) is 5.02. The summed E-state index contributed by atoms with van der Waals surface area (Å²) in [5.41, 5.74) is 6.87.